The molecule has 1 saturated heterocycles. The molecule has 0 bridgehead atoms. The van der Waals surface area contributed by atoms with Gasteiger partial charge in [0.1, 0.15) is 5.76 Å². The summed E-state index contributed by atoms with van der Waals surface area (Å²) in [5.74, 6) is 1.16. The lowest BCUT2D eigenvalue weighted by molar-refractivity contribution is 0.0916. The maximum Gasteiger partial charge on any atom is 0.287 e. The number of carbonyl (C=O) groups excluding carboxylic acids is 1. The predicted octanol–water partition coefficient (Wildman–Crippen LogP) is 2.90. The van der Waals surface area contributed by atoms with Gasteiger partial charge in [0.15, 0.2) is 5.76 Å². The lowest BCUT2D eigenvalue weighted by Crippen LogP contribution is -2.43. The van der Waals surface area contributed by atoms with Crippen molar-refractivity contribution in [1.29, 1.82) is 0 Å². The minimum atomic E-state index is -0.120. The van der Waals surface area contributed by atoms with Crippen molar-refractivity contribution in [2.24, 2.45) is 0 Å². The van der Waals surface area contributed by atoms with E-state index < -0.39 is 0 Å². The average molecular weight is 374 g/mol. The van der Waals surface area contributed by atoms with E-state index in [9.17, 15) is 4.79 Å². The number of nitrogens with zero attached hydrogens (tertiary/aromatic N) is 2. The number of carbonyl (C=O) groups is 1. The fourth-order valence-electron chi connectivity index (χ4n) is 3.78. The van der Waals surface area contributed by atoms with Crippen molar-refractivity contribution in [3.63, 3.8) is 0 Å². The monoisotopic (exact) mass is 373 g/mol. The van der Waals surface area contributed by atoms with Gasteiger partial charge in [-0.3, -0.25) is 9.69 Å². The summed E-state index contributed by atoms with van der Waals surface area (Å²) in [6.07, 6.45) is 4.90. The van der Waals surface area contributed by atoms with E-state index in [2.05, 4.69) is 27.5 Å². The Morgan fingerprint density at radius 1 is 1.19 bits per heavy atom. The number of aryl methyl sites for hydroxylation is 1. The first-order valence-electron chi connectivity index (χ1n) is 9.55. The first kappa shape index (κ1) is 17.8. The summed E-state index contributed by atoms with van der Waals surface area (Å²) in [5.41, 5.74) is 2.75. The Morgan fingerprint density at radius 3 is 2.85 bits per heavy atom. The maximum atomic E-state index is 12.4. The molecule has 6 heteroatoms. The molecule has 4 rings (SSSR count). The number of hydrogen-bond acceptors (Lipinski definition) is 5. The van der Waals surface area contributed by atoms with Crippen molar-refractivity contribution in [2.45, 2.75) is 38.8 Å². The number of hydrogen-bond donors (Lipinski definition) is 1. The SMILES string of the molecule is CN1CCN(Cc2ccc(C(=O)NCc3csc4c3CCCC4)o2)CC1. The highest BCUT2D eigenvalue weighted by molar-refractivity contribution is 7.10. The molecule has 2 aliphatic rings. The average Bonchev–Trinajstić information content (AvgIpc) is 3.29. The molecule has 0 spiro atoms. The van der Waals surface area contributed by atoms with E-state index in [0.29, 0.717) is 12.3 Å². The van der Waals surface area contributed by atoms with Crippen molar-refractivity contribution in [2.75, 3.05) is 33.2 Å². The van der Waals surface area contributed by atoms with Crippen LogP contribution >= 0.6 is 11.3 Å². The second kappa shape index (κ2) is 7.94. The van der Waals surface area contributed by atoms with E-state index in [-0.39, 0.29) is 5.91 Å². The topological polar surface area (TPSA) is 48.7 Å². The zero-order chi connectivity index (χ0) is 17.9. The highest BCUT2D eigenvalue weighted by atomic mass is 32.1. The number of rotatable bonds is 5. The highest BCUT2D eigenvalue weighted by Crippen LogP contribution is 2.30. The van der Waals surface area contributed by atoms with Gasteiger partial charge in [-0.25, -0.2) is 0 Å². The van der Waals surface area contributed by atoms with Crippen LogP contribution in [0.2, 0.25) is 0 Å². The van der Waals surface area contributed by atoms with Gasteiger partial charge in [0.2, 0.25) is 0 Å². The fourth-order valence-corrected chi connectivity index (χ4v) is 4.93. The summed E-state index contributed by atoms with van der Waals surface area (Å²) < 4.78 is 5.79. The second-order valence-corrected chi connectivity index (χ2v) is 8.36. The van der Waals surface area contributed by atoms with Crippen LogP contribution in [-0.4, -0.2) is 48.9 Å². The number of piperazine rings is 1. The number of nitrogens with one attached hydrogen (secondary N) is 1. The van der Waals surface area contributed by atoms with Gasteiger partial charge in [-0.2, -0.15) is 0 Å². The van der Waals surface area contributed by atoms with Crippen LogP contribution in [0.5, 0.6) is 0 Å². The lowest BCUT2D eigenvalue weighted by atomic mass is 9.96. The van der Waals surface area contributed by atoms with Gasteiger partial charge in [0.25, 0.3) is 5.91 Å². The number of likely N-dealkylation sites (N-methyl/N-ethyl adjacent to an activating group) is 1. The molecule has 26 heavy (non-hydrogen) atoms. The van der Waals surface area contributed by atoms with Crippen LogP contribution in [0.1, 0.15) is 45.2 Å². The molecular weight excluding hydrogens is 346 g/mol. The number of amides is 1. The Balaban J connectivity index is 1.31. The largest absolute Gasteiger partial charge is 0.455 e. The number of thiophene rings is 1. The molecule has 2 aromatic heterocycles. The third-order valence-corrected chi connectivity index (χ3v) is 6.59. The summed E-state index contributed by atoms with van der Waals surface area (Å²) in [5, 5.41) is 5.23. The van der Waals surface area contributed by atoms with E-state index in [1.165, 1.54) is 35.3 Å². The van der Waals surface area contributed by atoms with Crippen LogP contribution in [0.3, 0.4) is 0 Å². The Labute approximate surface area is 159 Å². The molecule has 1 fully saturated rings. The lowest BCUT2D eigenvalue weighted by Gasteiger charge is -2.31. The van der Waals surface area contributed by atoms with E-state index in [0.717, 1.165) is 44.9 Å². The van der Waals surface area contributed by atoms with E-state index in [1.54, 1.807) is 6.07 Å². The Morgan fingerprint density at radius 2 is 2.00 bits per heavy atom. The molecule has 3 heterocycles. The molecule has 0 aromatic carbocycles. The van der Waals surface area contributed by atoms with Gasteiger partial charge in [-0.1, -0.05) is 0 Å². The van der Waals surface area contributed by atoms with E-state index >= 15 is 0 Å². The smallest absolute Gasteiger partial charge is 0.287 e. The van der Waals surface area contributed by atoms with Crippen molar-refractivity contribution in [1.82, 2.24) is 15.1 Å². The van der Waals surface area contributed by atoms with Crippen LogP contribution < -0.4 is 5.32 Å². The van der Waals surface area contributed by atoms with Crippen LogP contribution in [0.25, 0.3) is 0 Å². The molecule has 2 aromatic rings. The third-order valence-electron chi connectivity index (χ3n) is 5.45. The number of fused-ring (bicyclic) bond motifs is 1. The zero-order valence-corrected chi connectivity index (χ0v) is 16.2. The van der Waals surface area contributed by atoms with Crippen LogP contribution in [0.4, 0.5) is 0 Å². The normalized spacial score (nSPS) is 18.7. The van der Waals surface area contributed by atoms with Gasteiger partial charge in [0, 0.05) is 37.6 Å². The molecule has 0 atom stereocenters. The van der Waals surface area contributed by atoms with Gasteiger partial charge < -0.3 is 14.6 Å². The molecule has 0 unspecified atom stereocenters. The Hall–Kier alpha value is -1.63. The van der Waals surface area contributed by atoms with Crippen molar-refractivity contribution >= 4 is 17.2 Å². The number of furan rings is 1. The maximum absolute atomic E-state index is 12.4. The van der Waals surface area contributed by atoms with Crippen molar-refractivity contribution < 1.29 is 9.21 Å². The van der Waals surface area contributed by atoms with Crippen molar-refractivity contribution in [3.05, 3.63) is 45.0 Å². The molecule has 0 radical (unpaired) electrons. The standard InChI is InChI=1S/C20H27N3O2S/c1-22-8-10-23(11-9-22)13-16-6-7-18(25-16)20(24)21-12-15-14-26-19-5-3-2-4-17(15)19/h6-7,14H,2-5,8-13H2,1H3,(H,21,24). The molecule has 1 aliphatic heterocycles. The molecule has 1 N–H and O–H groups in total. The summed E-state index contributed by atoms with van der Waals surface area (Å²) in [7, 11) is 2.15. The van der Waals surface area contributed by atoms with Gasteiger partial charge >= 0.3 is 0 Å². The minimum absolute atomic E-state index is 0.120. The molecule has 1 aliphatic carbocycles. The van der Waals surface area contributed by atoms with Crippen LogP contribution in [-0.2, 0) is 25.9 Å². The van der Waals surface area contributed by atoms with Crippen LogP contribution in [0, 0.1) is 0 Å². The summed E-state index contributed by atoms with van der Waals surface area (Å²) in [4.78, 5) is 18.6. The van der Waals surface area contributed by atoms with Gasteiger partial charge in [-0.05, 0) is 61.4 Å². The summed E-state index contributed by atoms with van der Waals surface area (Å²) in [6.45, 7) is 5.63. The fraction of sp³-hybridized carbons (Fsp3) is 0.550. The molecule has 5 nitrogen and oxygen atoms in total. The third kappa shape index (κ3) is 4.03. The summed E-state index contributed by atoms with van der Waals surface area (Å²) >= 11 is 1.84. The van der Waals surface area contributed by atoms with Crippen molar-refractivity contribution in [3.8, 4) is 0 Å². The molecule has 0 saturated carbocycles. The Bertz CT molecular complexity index is 759. The van der Waals surface area contributed by atoms with E-state index in [1.807, 2.05) is 17.4 Å². The Kier molecular flexibility index (Phi) is 5.43. The van der Waals surface area contributed by atoms with Gasteiger partial charge in [-0.15, -0.1) is 11.3 Å². The highest BCUT2D eigenvalue weighted by Gasteiger charge is 2.19. The quantitative estimate of drug-likeness (QED) is 0.876. The second-order valence-electron chi connectivity index (χ2n) is 7.40. The predicted molar refractivity (Wildman–Crippen MR) is 104 cm³/mol. The summed E-state index contributed by atoms with van der Waals surface area (Å²) in [6, 6.07) is 3.73. The molecular formula is C20H27N3O2S. The first-order valence-corrected chi connectivity index (χ1v) is 10.4. The zero-order valence-electron chi connectivity index (χ0n) is 15.4. The molecule has 140 valence electrons. The molecule has 1 amide bonds. The van der Waals surface area contributed by atoms with Crippen LogP contribution in [0.15, 0.2) is 21.9 Å². The van der Waals surface area contributed by atoms with Gasteiger partial charge in [0.05, 0.1) is 6.54 Å². The van der Waals surface area contributed by atoms with E-state index in [4.69, 9.17) is 4.42 Å². The first-order chi connectivity index (χ1) is 12.7. The minimum Gasteiger partial charge on any atom is -0.455 e.